The monoisotopic (exact) mass is 286 g/mol. The van der Waals surface area contributed by atoms with Gasteiger partial charge in [-0.2, -0.15) is 0 Å². The molecule has 0 bridgehead atoms. The first-order valence-electron chi connectivity index (χ1n) is 5.42. The molecule has 0 saturated carbocycles. The van der Waals surface area contributed by atoms with E-state index in [1.165, 1.54) is 0 Å². The van der Waals surface area contributed by atoms with Gasteiger partial charge in [-0.05, 0) is 34.6 Å². The van der Waals surface area contributed by atoms with Crippen molar-refractivity contribution in [2.24, 2.45) is 0 Å². The predicted molar refractivity (Wildman–Crippen MR) is 66.3 cm³/mol. The maximum absolute atomic E-state index is 12.2. The second kappa shape index (κ2) is 6.74. The van der Waals surface area contributed by atoms with Gasteiger partial charge in [-0.15, -0.1) is 0 Å². The SMILES string of the molecule is CCOP(=O)(OCC)C(Cl)C(=O)OC(C)(C)C. The summed E-state index contributed by atoms with van der Waals surface area (Å²) in [6.45, 7) is 8.66. The van der Waals surface area contributed by atoms with Crippen LogP contribution < -0.4 is 0 Å². The highest BCUT2D eigenvalue weighted by Gasteiger charge is 2.42. The van der Waals surface area contributed by atoms with E-state index < -0.39 is 24.3 Å². The average molecular weight is 287 g/mol. The second-order valence-electron chi connectivity index (χ2n) is 4.24. The van der Waals surface area contributed by atoms with Crippen molar-refractivity contribution in [3.8, 4) is 0 Å². The molecule has 0 saturated heterocycles. The first-order chi connectivity index (χ1) is 7.66. The van der Waals surface area contributed by atoms with Gasteiger partial charge in [-0.25, -0.2) is 4.79 Å². The van der Waals surface area contributed by atoms with Crippen LogP contribution in [0.2, 0.25) is 0 Å². The van der Waals surface area contributed by atoms with Gasteiger partial charge >= 0.3 is 13.6 Å². The predicted octanol–water partition coefficient (Wildman–Crippen LogP) is 3.16. The molecule has 0 aliphatic carbocycles. The Bertz CT molecular complexity index is 290. The molecule has 0 aromatic heterocycles. The molecule has 102 valence electrons. The van der Waals surface area contributed by atoms with Crippen molar-refractivity contribution < 1.29 is 23.1 Å². The number of carbonyl (C=O) groups is 1. The molecule has 0 amide bonds. The lowest BCUT2D eigenvalue weighted by atomic mass is 10.2. The standard InChI is InChI=1S/C10H20ClO5P/c1-6-14-17(13,15-7-2)8(11)9(12)16-10(3,4)5/h8H,6-7H2,1-5H3. The van der Waals surface area contributed by atoms with Crippen molar-refractivity contribution in [1.29, 1.82) is 0 Å². The van der Waals surface area contributed by atoms with Gasteiger partial charge in [-0.3, -0.25) is 4.57 Å². The lowest BCUT2D eigenvalue weighted by molar-refractivity contribution is -0.152. The van der Waals surface area contributed by atoms with Crippen molar-refractivity contribution in [2.45, 2.75) is 45.3 Å². The van der Waals surface area contributed by atoms with Crippen LogP contribution in [-0.2, 0) is 23.1 Å². The molecule has 0 rings (SSSR count). The Morgan fingerprint density at radius 3 is 1.94 bits per heavy atom. The molecule has 0 aromatic carbocycles. The van der Waals surface area contributed by atoms with Crippen LogP contribution in [0.3, 0.4) is 0 Å². The normalized spacial score (nSPS) is 14.5. The summed E-state index contributed by atoms with van der Waals surface area (Å²) in [5.74, 6) is -0.801. The number of esters is 1. The number of alkyl halides is 1. The fourth-order valence-electron chi connectivity index (χ4n) is 1.01. The maximum Gasteiger partial charge on any atom is 0.359 e. The van der Waals surface area contributed by atoms with E-state index in [1.54, 1.807) is 34.6 Å². The van der Waals surface area contributed by atoms with E-state index in [2.05, 4.69) is 0 Å². The zero-order valence-corrected chi connectivity index (χ0v) is 12.5. The zero-order valence-electron chi connectivity index (χ0n) is 10.9. The Morgan fingerprint density at radius 1 is 1.24 bits per heavy atom. The summed E-state index contributed by atoms with van der Waals surface area (Å²) >= 11 is 5.81. The molecule has 1 unspecified atom stereocenters. The smallest absolute Gasteiger partial charge is 0.359 e. The number of hydrogen-bond acceptors (Lipinski definition) is 5. The Hall–Kier alpha value is -0.0900. The van der Waals surface area contributed by atoms with Crippen LogP contribution in [0.15, 0.2) is 0 Å². The number of hydrogen-bond donors (Lipinski definition) is 0. The number of carbonyl (C=O) groups excluding carboxylic acids is 1. The quantitative estimate of drug-likeness (QED) is 0.426. The van der Waals surface area contributed by atoms with Crippen LogP contribution in [0.25, 0.3) is 0 Å². The molecular formula is C10H20ClO5P. The van der Waals surface area contributed by atoms with E-state index in [-0.39, 0.29) is 13.2 Å². The minimum Gasteiger partial charge on any atom is -0.458 e. The molecule has 5 nitrogen and oxygen atoms in total. The summed E-state index contributed by atoms with van der Waals surface area (Å²) in [7, 11) is -3.66. The van der Waals surface area contributed by atoms with Gasteiger partial charge < -0.3 is 13.8 Å². The van der Waals surface area contributed by atoms with Gasteiger partial charge in [0, 0.05) is 0 Å². The maximum atomic E-state index is 12.2. The zero-order chi connectivity index (χ0) is 13.7. The molecule has 0 N–H and O–H groups in total. The van der Waals surface area contributed by atoms with Crippen molar-refractivity contribution >= 4 is 25.2 Å². The molecule has 0 radical (unpaired) electrons. The van der Waals surface area contributed by atoms with Gasteiger partial charge in [0.1, 0.15) is 5.60 Å². The third-order valence-electron chi connectivity index (χ3n) is 1.50. The first kappa shape index (κ1) is 16.9. The van der Waals surface area contributed by atoms with Gasteiger partial charge in [-0.1, -0.05) is 11.6 Å². The summed E-state index contributed by atoms with van der Waals surface area (Å²) in [4.78, 5) is 11.7. The Kier molecular flexibility index (Phi) is 6.70. The minimum atomic E-state index is -3.66. The van der Waals surface area contributed by atoms with Crippen LogP contribution in [0, 0.1) is 0 Å². The molecule has 0 spiro atoms. The van der Waals surface area contributed by atoms with E-state index >= 15 is 0 Å². The van der Waals surface area contributed by atoms with Crippen LogP contribution in [0.4, 0.5) is 0 Å². The van der Waals surface area contributed by atoms with Crippen molar-refractivity contribution in [3.63, 3.8) is 0 Å². The number of rotatable bonds is 6. The minimum absolute atomic E-state index is 0.142. The molecule has 0 aromatic rings. The summed E-state index contributed by atoms with van der Waals surface area (Å²) in [6, 6.07) is 0. The Labute approximate surface area is 107 Å². The molecule has 0 fully saturated rings. The summed E-state index contributed by atoms with van der Waals surface area (Å²) in [5, 5.41) is -1.44. The first-order valence-corrected chi connectivity index (χ1v) is 7.47. The van der Waals surface area contributed by atoms with E-state index in [0.717, 1.165) is 0 Å². The Balaban J connectivity index is 4.78. The van der Waals surface area contributed by atoms with Crippen molar-refractivity contribution in [2.75, 3.05) is 13.2 Å². The van der Waals surface area contributed by atoms with E-state index in [0.29, 0.717) is 0 Å². The van der Waals surface area contributed by atoms with Gasteiger partial charge in [0.15, 0.2) is 0 Å². The fourth-order valence-corrected chi connectivity index (χ4v) is 2.76. The average Bonchev–Trinajstić information content (AvgIpc) is 2.14. The van der Waals surface area contributed by atoms with E-state index in [1.807, 2.05) is 0 Å². The largest absolute Gasteiger partial charge is 0.458 e. The van der Waals surface area contributed by atoms with Crippen LogP contribution in [0.5, 0.6) is 0 Å². The molecule has 0 aliphatic rings. The van der Waals surface area contributed by atoms with Crippen LogP contribution in [0.1, 0.15) is 34.6 Å². The Morgan fingerprint density at radius 2 is 1.65 bits per heavy atom. The third kappa shape index (κ3) is 5.87. The molecule has 17 heavy (non-hydrogen) atoms. The second-order valence-corrected chi connectivity index (χ2v) is 7.10. The van der Waals surface area contributed by atoms with Crippen LogP contribution >= 0.6 is 19.2 Å². The van der Waals surface area contributed by atoms with Gasteiger partial charge in [0.2, 0.25) is 5.12 Å². The number of ether oxygens (including phenoxy) is 1. The molecule has 1 atom stereocenters. The highest BCUT2D eigenvalue weighted by Crippen LogP contribution is 2.55. The fraction of sp³-hybridized carbons (Fsp3) is 0.900. The summed E-state index contributed by atoms with van der Waals surface area (Å²) in [5.41, 5.74) is -0.701. The topological polar surface area (TPSA) is 61.8 Å². The van der Waals surface area contributed by atoms with Crippen LogP contribution in [-0.4, -0.2) is 29.9 Å². The van der Waals surface area contributed by atoms with E-state index in [9.17, 15) is 9.36 Å². The van der Waals surface area contributed by atoms with Gasteiger partial charge in [0.25, 0.3) is 0 Å². The summed E-state index contributed by atoms with van der Waals surface area (Å²) < 4.78 is 27.1. The summed E-state index contributed by atoms with van der Waals surface area (Å²) in [6.07, 6.45) is 0. The van der Waals surface area contributed by atoms with Gasteiger partial charge in [0.05, 0.1) is 13.2 Å². The third-order valence-corrected chi connectivity index (χ3v) is 4.39. The molecule has 0 heterocycles. The van der Waals surface area contributed by atoms with Crippen molar-refractivity contribution in [3.05, 3.63) is 0 Å². The highest BCUT2D eigenvalue weighted by molar-refractivity contribution is 7.57. The lowest BCUT2D eigenvalue weighted by Crippen LogP contribution is -2.30. The number of halogens is 1. The molecule has 7 heteroatoms. The van der Waals surface area contributed by atoms with Crippen molar-refractivity contribution in [1.82, 2.24) is 0 Å². The molecule has 0 aliphatic heterocycles. The lowest BCUT2D eigenvalue weighted by Gasteiger charge is -2.25. The highest BCUT2D eigenvalue weighted by atomic mass is 35.5. The van der Waals surface area contributed by atoms with E-state index in [4.69, 9.17) is 25.4 Å². The molecular weight excluding hydrogens is 267 g/mol.